The lowest BCUT2D eigenvalue weighted by Gasteiger charge is -2.08. The monoisotopic (exact) mass is 453 g/mol. The van der Waals surface area contributed by atoms with Gasteiger partial charge in [-0.2, -0.15) is 0 Å². The number of hydrogen-bond donors (Lipinski definition) is 1. The van der Waals surface area contributed by atoms with Crippen molar-refractivity contribution in [3.05, 3.63) is 138 Å². The van der Waals surface area contributed by atoms with E-state index in [1.54, 1.807) is 0 Å². The number of rotatable bonds is 6. The van der Waals surface area contributed by atoms with Crippen molar-refractivity contribution in [1.29, 1.82) is 0 Å². The Bertz CT molecular complexity index is 1470. The summed E-state index contributed by atoms with van der Waals surface area (Å²) in [5, 5.41) is 5.65. The molecule has 0 aliphatic heterocycles. The summed E-state index contributed by atoms with van der Waals surface area (Å²) in [6.07, 6.45) is 2.35. The van der Waals surface area contributed by atoms with Crippen LogP contribution >= 0.6 is 0 Å². The molecule has 35 heavy (non-hydrogen) atoms. The van der Waals surface area contributed by atoms with Gasteiger partial charge in [-0.05, 0) is 82.0 Å². The molecule has 1 aliphatic carbocycles. The lowest BCUT2D eigenvalue weighted by atomic mass is 10.0. The highest BCUT2D eigenvalue weighted by molar-refractivity contribution is 6.04. The molecule has 6 rings (SSSR count). The first-order chi connectivity index (χ1) is 17.2. The van der Waals surface area contributed by atoms with Crippen molar-refractivity contribution < 1.29 is 4.79 Å². The molecular weight excluding hydrogens is 426 g/mol. The van der Waals surface area contributed by atoms with Gasteiger partial charge in [-0.15, -0.1) is 0 Å². The van der Waals surface area contributed by atoms with Gasteiger partial charge in [0.2, 0.25) is 0 Å². The van der Waals surface area contributed by atoms with Gasteiger partial charge in [0.25, 0.3) is 5.91 Å². The number of carbonyl (C=O) groups excluding carboxylic acids is 1. The van der Waals surface area contributed by atoms with Crippen molar-refractivity contribution in [2.45, 2.75) is 18.8 Å². The first kappa shape index (κ1) is 21.4. The standard InChI is InChI=1S/C33H27NO/c35-33(28-14-12-26(13-15-28)24-6-2-1-3-7-24)34-31-18-16-27(17-19-31)32-22-30(32)21-23-10-11-25-8-4-5-9-29(25)20-23/h1-20,30,32H,21-22H2,(H,34,35). The second-order valence-electron chi connectivity index (χ2n) is 9.51. The van der Waals surface area contributed by atoms with Gasteiger partial charge in [0, 0.05) is 11.3 Å². The van der Waals surface area contributed by atoms with Crippen molar-refractivity contribution in [3.63, 3.8) is 0 Å². The molecule has 1 fully saturated rings. The Morgan fingerprint density at radius 3 is 2.14 bits per heavy atom. The zero-order chi connectivity index (χ0) is 23.6. The zero-order valence-corrected chi connectivity index (χ0v) is 19.5. The van der Waals surface area contributed by atoms with E-state index in [2.05, 4.69) is 72.0 Å². The highest BCUT2D eigenvalue weighted by Gasteiger charge is 2.37. The first-order valence-electron chi connectivity index (χ1n) is 12.3. The van der Waals surface area contributed by atoms with E-state index in [0.717, 1.165) is 23.2 Å². The Morgan fingerprint density at radius 2 is 1.37 bits per heavy atom. The predicted molar refractivity (Wildman–Crippen MR) is 145 cm³/mol. The molecule has 5 aromatic rings. The molecule has 1 saturated carbocycles. The number of anilines is 1. The van der Waals surface area contributed by atoms with Crippen molar-refractivity contribution in [2.24, 2.45) is 5.92 Å². The summed E-state index contributed by atoms with van der Waals surface area (Å²) in [7, 11) is 0. The number of hydrogen-bond acceptors (Lipinski definition) is 1. The van der Waals surface area contributed by atoms with E-state index >= 15 is 0 Å². The summed E-state index contributed by atoms with van der Waals surface area (Å²) in [4.78, 5) is 12.7. The van der Waals surface area contributed by atoms with Gasteiger partial charge in [-0.3, -0.25) is 4.79 Å². The van der Waals surface area contributed by atoms with E-state index in [9.17, 15) is 4.79 Å². The zero-order valence-electron chi connectivity index (χ0n) is 19.5. The minimum Gasteiger partial charge on any atom is -0.322 e. The van der Waals surface area contributed by atoms with E-state index in [4.69, 9.17) is 0 Å². The van der Waals surface area contributed by atoms with Crippen LogP contribution < -0.4 is 5.32 Å². The average molecular weight is 454 g/mol. The van der Waals surface area contributed by atoms with Crippen LogP contribution in [0.4, 0.5) is 5.69 Å². The Morgan fingerprint density at radius 1 is 0.686 bits per heavy atom. The molecule has 2 atom stereocenters. The predicted octanol–water partition coefficient (Wildman–Crippen LogP) is 8.11. The molecule has 1 N–H and O–H groups in total. The average Bonchev–Trinajstić information content (AvgIpc) is 3.68. The van der Waals surface area contributed by atoms with Gasteiger partial charge in [-0.1, -0.05) is 97.1 Å². The number of nitrogens with one attached hydrogen (secondary N) is 1. The molecule has 1 amide bonds. The molecule has 0 bridgehead atoms. The fourth-order valence-electron chi connectivity index (χ4n) is 5.01. The van der Waals surface area contributed by atoms with Crippen molar-refractivity contribution in [1.82, 2.24) is 0 Å². The maximum Gasteiger partial charge on any atom is 0.255 e. The SMILES string of the molecule is O=C(Nc1ccc(C2CC2Cc2ccc3ccccc3c2)cc1)c1ccc(-c2ccccc2)cc1. The Kier molecular flexibility index (Phi) is 5.64. The van der Waals surface area contributed by atoms with Crippen molar-refractivity contribution >= 4 is 22.4 Å². The summed E-state index contributed by atoms with van der Waals surface area (Å²) >= 11 is 0. The fourth-order valence-corrected chi connectivity index (χ4v) is 5.01. The number of carbonyl (C=O) groups is 1. The molecule has 0 saturated heterocycles. The Labute approximate surface area is 206 Å². The van der Waals surface area contributed by atoms with Crippen LogP contribution in [0, 0.1) is 5.92 Å². The third-order valence-corrected chi connectivity index (χ3v) is 7.09. The van der Waals surface area contributed by atoms with Crippen LogP contribution in [-0.2, 0) is 6.42 Å². The molecule has 0 spiro atoms. The highest BCUT2D eigenvalue weighted by atomic mass is 16.1. The molecular formula is C33H27NO. The molecule has 170 valence electrons. The summed E-state index contributed by atoms with van der Waals surface area (Å²) in [6, 6.07) is 41.7. The molecule has 0 radical (unpaired) electrons. The minimum absolute atomic E-state index is 0.0852. The van der Waals surface area contributed by atoms with Crippen molar-refractivity contribution in [2.75, 3.05) is 5.32 Å². The topological polar surface area (TPSA) is 29.1 Å². The van der Waals surface area contributed by atoms with Crippen LogP contribution in [0.5, 0.6) is 0 Å². The Hall–Kier alpha value is -4.17. The first-order valence-corrected chi connectivity index (χ1v) is 12.3. The highest BCUT2D eigenvalue weighted by Crippen LogP contribution is 2.49. The number of fused-ring (bicyclic) bond motifs is 1. The lowest BCUT2D eigenvalue weighted by molar-refractivity contribution is 0.102. The van der Waals surface area contributed by atoms with Crippen LogP contribution in [0.3, 0.4) is 0 Å². The van der Waals surface area contributed by atoms with Gasteiger partial charge in [0.15, 0.2) is 0 Å². The third-order valence-electron chi connectivity index (χ3n) is 7.09. The summed E-state index contributed by atoms with van der Waals surface area (Å²) in [5.41, 5.74) is 6.52. The quantitative estimate of drug-likeness (QED) is 0.276. The van der Waals surface area contributed by atoms with Gasteiger partial charge in [-0.25, -0.2) is 0 Å². The maximum absolute atomic E-state index is 12.7. The maximum atomic E-state index is 12.7. The second-order valence-corrected chi connectivity index (χ2v) is 9.51. The molecule has 5 aromatic carbocycles. The largest absolute Gasteiger partial charge is 0.322 e. The van der Waals surface area contributed by atoms with Crippen LogP contribution in [0.15, 0.2) is 121 Å². The smallest absolute Gasteiger partial charge is 0.255 e. The summed E-state index contributed by atoms with van der Waals surface area (Å²) < 4.78 is 0. The van der Waals surface area contributed by atoms with Crippen LogP contribution in [0.25, 0.3) is 21.9 Å². The van der Waals surface area contributed by atoms with Gasteiger partial charge >= 0.3 is 0 Å². The summed E-state index contributed by atoms with van der Waals surface area (Å²) in [5.74, 6) is 1.22. The van der Waals surface area contributed by atoms with Gasteiger partial charge in [0.1, 0.15) is 0 Å². The summed E-state index contributed by atoms with van der Waals surface area (Å²) in [6.45, 7) is 0. The van der Waals surface area contributed by atoms with Crippen LogP contribution in [0.1, 0.15) is 33.8 Å². The van der Waals surface area contributed by atoms with Crippen molar-refractivity contribution in [3.8, 4) is 11.1 Å². The van der Waals surface area contributed by atoms with E-state index in [-0.39, 0.29) is 5.91 Å². The van der Waals surface area contributed by atoms with Crippen LogP contribution in [0.2, 0.25) is 0 Å². The van der Waals surface area contributed by atoms with E-state index in [1.165, 1.54) is 28.3 Å². The number of benzene rings is 5. The Balaban J connectivity index is 1.06. The van der Waals surface area contributed by atoms with Gasteiger partial charge in [0.05, 0.1) is 0 Å². The van der Waals surface area contributed by atoms with E-state index in [1.807, 2.05) is 54.6 Å². The third kappa shape index (κ3) is 4.74. The fraction of sp³-hybridized carbons (Fsp3) is 0.121. The molecule has 0 aromatic heterocycles. The van der Waals surface area contributed by atoms with E-state index < -0.39 is 0 Å². The molecule has 2 unspecified atom stereocenters. The van der Waals surface area contributed by atoms with E-state index in [0.29, 0.717) is 17.4 Å². The van der Waals surface area contributed by atoms with Crippen LogP contribution in [-0.4, -0.2) is 5.91 Å². The lowest BCUT2D eigenvalue weighted by Crippen LogP contribution is -2.11. The minimum atomic E-state index is -0.0852. The normalized spacial score (nSPS) is 16.7. The molecule has 2 heteroatoms. The van der Waals surface area contributed by atoms with Gasteiger partial charge < -0.3 is 5.32 Å². The second kappa shape index (κ2) is 9.23. The molecule has 2 nitrogen and oxygen atoms in total. The molecule has 1 aliphatic rings. The molecule has 0 heterocycles. The number of amides is 1.